The minimum atomic E-state index is -0.779. The molecule has 0 amide bonds. The van der Waals surface area contributed by atoms with Gasteiger partial charge in [0, 0.05) is 19.3 Å². The van der Waals surface area contributed by atoms with Crippen molar-refractivity contribution < 1.29 is 28.6 Å². The van der Waals surface area contributed by atoms with E-state index < -0.39 is 6.10 Å². The molecular formula is C59H108O6. The zero-order chi connectivity index (χ0) is 47.2. The van der Waals surface area contributed by atoms with Crippen LogP contribution >= 0.6 is 0 Å². The van der Waals surface area contributed by atoms with Crippen LogP contribution in [0.5, 0.6) is 0 Å². The van der Waals surface area contributed by atoms with Gasteiger partial charge in [-0.3, -0.25) is 14.4 Å². The van der Waals surface area contributed by atoms with Crippen LogP contribution in [0, 0.1) is 0 Å². The number of hydrogen-bond donors (Lipinski definition) is 0. The van der Waals surface area contributed by atoms with E-state index in [-0.39, 0.29) is 31.1 Å². The van der Waals surface area contributed by atoms with Gasteiger partial charge in [-0.15, -0.1) is 0 Å². The summed E-state index contributed by atoms with van der Waals surface area (Å²) in [6.45, 7) is 6.62. The highest BCUT2D eigenvalue weighted by Gasteiger charge is 2.19. The molecule has 0 fully saturated rings. The van der Waals surface area contributed by atoms with Crippen molar-refractivity contribution in [2.45, 2.75) is 309 Å². The number of unbranched alkanes of at least 4 members (excludes halogenated alkanes) is 35. The van der Waals surface area contributed by atoms with Gasteiger partial charge in [-0.05, 0) is 77.0 Å². The molecule has 0 spiro atoms. The molecule has 0 saturated carbocycles. The number of esters is 3. The van der Waals surface area contributed by atoms with Crippen LogP contribution in [0.2, 0.25) is 0 Å². The zero-order valence-electron chi connectivity index (χ0n) is 43.5. The number of carbonyl (C=O) groups excluding carboxylic acids is 3. The van der Waals surface area contributed by atoms with E-state index in [0.717, 1.165) is 89.9 Å². The fraction of sp³-hybridized carbons (Fsp3) is 0.847. The third-order valence-electron chi connectivity index (χ3n) is 12.6. The van der Waals surface area contributed by atoms with Crippen molar-refractivity contribution in [3.63, 3.8) is 0 Å². The second-order valence-corrected chi connectivity index (χ2v) is 19.2. The molecule has 0 heterocycles. The predicted molar refractivity (Wildman–Crippen MR) is 279 cm³/mol. The maximum absolute atomic E-state index is 12.8. The average Bonchev–Trinajstić information content (AvgIpc) is 3.30. The first kappa shape index (κ1) is 62.6. The molecule has 0 aromatic rings. The third-order valence-corrected chi connectivity index (χ3v) is 12.6. The van der Waals surface area contributed by atoms with E-state index in [0.29, 0.717) is 19.3 Å². The molecule has 6 heteroatoms. The Balaban J connectivity index is 4.32. The lowest BCUT2D eigenvalue weighted by Crippen LogP contribution is -2.30. The van der Waals surface area contributed by atoms with E-state index in [1.807, 2.05) is 0 Å². The van der Waals surface area contributed by atoms with Gasteiger partial charge in [0.25, 0.3) is 0 Å². The Kier molecular flexibility index (Phi) is 52.3. The number of carbonyl (C=O) groups is 3. The minimum Gasteiger partial charge on any atom is -0.462 e. The molecule has 65 heavy (non-hydrogen) atoms. The average molecular weight is 914 g/mol. The van der Waals surface area contributed by atoms with E-state index >= 15 is 0 Å². The van der Waals surface area contributed by atoms with E-state index in [4.69, 9.17) is 14.2 Å². The van der Waals surface area contributed by atoms with E-state index in [9.17, 15) is 14.4 Å². The molecule has 0 aromatic heterocycles. The van der Waals surface area contributed by atoms with Crippen LogP contribution in [-0.2, 0) is 28.6 Å². The first-order chi connectivity index (χ1) is 32.0. The summed E-state index contributed by atoms with van der Waals surface area (Å²) in [7, 11) is 0. The van der Waals surface area contributed by atoms with Crippen LogP contribution in [-0.4, -0.2) is 37.2 Å². The van der Waals surface area contributed by atoms with Crippen molar-refractivity contribution in [1.82, 2.24) is 0 Å². The lowest BCUT2D eigenvalue weighted by molar-refractivity contribution is -0.167. The summed E-state index contributed by atoms with van der Waals surface area (Å²) in [5.74, 6) is -0.884. The second kappa shape index (κ2) is 54.2. The Labute approximate surface area is 404 Å². The molecule has 6 nitrogen and oxygen atoms in total. The molecule has 0 aliphatic rings. The lowest BCUT2D eigenvalue weighted by atomic mass is 10.0. The molecule has 380 valence electrons. The fourth-order valence-electron chi connectivity index (χ4n) is 8.29. The number of ether oxygens (including phenoxy) is 3. The van der Waals surface area contributed by atoms with Gasteiger partial charge < -0.3 is 14.2 Å². The summed E-state index contributed by atoms with van der Waals surface area (Å²) in [5, 5.41) is 0. The highest BCUT2D eigenvalue weighted by Crippen LogP contribution is 2.16. The molecule has 0 saturated heterocycles. The van der Waals surface area contributed by atoms with Gasteiger partial charge in [0.2, 0.25) is 0 Å². The van der Waals surface area contributed by atoms with Crippen LogP contribution in [0.25, 0.3) is 0 Å². The summed E-state index contributed by atoms with van der Waals surface area (Å²) < 4.78 is 16.8. The van der Waals surface area contributed by atoms with Gasteiger partial charge in [-0.25, -0.2) is 0 Å². The Bertz CT molecular complexity index is 1090. The molecule has 0 unspecified atom stereocenters. The van der Waals surface area contributed by atoms with Crippen LogP contribution < -0.4 is 0 Å². The Morgan fingerprint density at radius 2 is 0.554 bits per heavy atom. The smallest absolute Gasteiger partial charge is 0.306 e. The lowest BCUT2D eigenvalue weighted by Gasteiger charge is -2.18. The first-order valence-electron chi connectivity index (χ1n) is 28.5. The zero-order valence-corrected chi connectivity index (χ0v) is 43.5. The van der Waals surface area contributed by atoms with E-state index in [2.05, 4.69) is 57.2 Å². The van der Waals surface area contributed by atoms with Crippen molar-refractivity contribution in [1.29, 1.82) is 0 Å². The molecule has 0 N–H and O–H groups in total. The van der Waals surface area contributed by atoms with Gasteiger partial charge in [0.1, 0.15) is 13.2 Å². The SMILES string of the molecule is CCCCC/C=C\C/C=C\CCCCCCCC(=O)OC[C@H](COC(=O)CCCCCCCCCCCCCCCCCCCCC)OC(=O)CCCCCCC/C=C\CCCCCC. The maximum Gasteiger partial charge on any atom is 0.306 e. The topological polar surface area (TPSA) is 78.9 Å². The molecular weight excluding hydrogens is 805 g/mol. The molecule has 0 bridgehead atoms. The summed E-state index contributed by atoms with van der Waals surface area (Å²) in [5.41, 5.74) is 0. The standard InChI is InChI=1S/C59H108O6/c1-4-7-10-13-16-19-22-25-27-28-29-30-32-35-37-40-43-46-49-52-58(61)64-55-56(65-59(62)53-50-47-44-41-38-33-24-21-18-15-12-9-6-3)54-63-57(60)51-48-45-42-39-36-34-31-26-23-20-17-14-11-8-5-2/h17,20-21,24,26,31,56H,4-16,18-19,22-23,25,27-30,32-55H2,1-3H3/b20-17-,24-21-,31-26-/t56-/m1/s1. The highest BCUT2D eigenvalue weighted by atomic mass is 16.6. The van der Waals surface area contributed by atoms with Gasteiger partial charge in [0.15, 0.2) is 6.10 Å². The molecule has 0 aromatic carbocycles. The van der Waals surface area contributed by atoms with E-state index in [1.54, 1.807) is 0 Å². The third kappa shape index (κ3) is 52.5. The number of allylic oxidation sites excluding steroid dienone is 6. The number of hydrogen-bond acceptors (Lipinski definition) is 6. The van der Waals surface area contributed by atoms with Crippen molar-refractivity contribution in [2.75, 3.05) is 13.2 Å². The van der Waals surface area contributed by atoms with Crippen LogP contribution in [0.15, 0.2) is 36.5 Å². The summed E-state index contributed by atoms with van der Waals surface area (Å²) in [4.78, 5) is 38.1. The number of rotatable bonds is 52. The van der Waals surface area contributed by atoms with Gasteiger partial charge in [-0.1, -0.05) is 243 Å². The van der Waals surface area contributed by atoms with Crippen LogP contribution in [0.3, 0.4) is 0 Å². The summed E-state index contributed by atoms with van der Waals surface area (Å²) in [6, 6.07) is 0. The maximum atomic E-state index is 12.8. The van der Waals surface area contributed by atoms with Crippen LogP contribution in [0.4, 0.5) is 0 Å². The molecule has 0 rings (SSSR count). The highest BCUT2D eigenvalue weighted by molar-refractivity contribution is 5.71. The molecule has 0 aliphatic carbocycles. The van der Waals surface area contributed by atoms with Gasteiger partial charge in [-0.2, -0.15) is 0 Å². The first-order valence-corrected chi connectivity index (χ1v) is 28.5. The Morgan fingerprint density at radius 3 is 0.908 bits per heavy atom. The largest absolute Gasteiger partial charge is 0.462 e. The molecule has 0 aliphatic heterocycles. The molecule has 1 atom stereocenters. The van der Waals surface area contributed by atoms with Gasteiger partial charge in [0.05, 0.1) is 0 Å². The second-order valence-electron chi connectivity index (χ2n) is 19.2. The van der Waals surface area contributed by atoms with Crippen molar-refractivity contribution in [2.24, 2.45) is 0 Å². The summed E-state index contributed by atoms with van der Waals surface area (Å²) in [6.07, 6.45) is 64.2. The monoisotopic (exact) mass is 913 g/mol. The van der Waals surface area contributed by atoms with E-state index in [1.165, 1.54) is 173 Å². The minimum absolute atomic E-state index is 0.0766. The van der Waals surface area contributed by atoms with Crippen molar-refractivity contribution in [3.05, 3.63) is 36.5 Å². The van der Waals surface area contributed by atoms with Crippen LogP contribution in [0.1, 0.15) is 303 Å². The molecule has 0 radical (unpaired) electrons. The summed E-state index contributed by atoms with van der Waals surface area (Å²) >= 11 is 0. The van der Waals surface area contributed by atoms with Gasteiger partial charge >= 0.3 is 17.9 Å². The Morgan fingerprint density at radius 1 is 0.308 bits per heavy atom. The van der Waals surface area contributed by atoms with Crippen molar-refractivity contribution in [3.8, 4) is 0 Å². The normalized spacial score (nSPS) is 12.2. The van der Waals surface area contributed by atoms with Crippen molar-refractivity contribution >= 4 is 17.9 Å². The Hall–Kier alpha value is -2.37. The predicted octanol–water partition coefficient (Wildman–Crippen LogP) is 18.9. The fourth-order valence-corrected chi connectivity index (χ4v) is 8.29. The quantitative estimate of drug-likeness (QED) is 0.0262.